The van der Waals surface area contributed by atoms with Gasteiger partial charge in [0.2, 0.25) is 0 Å². The molecule has 0 radical (unpaired) electrons. The second kappa shape index (κ2) is 16.8. The number of hydrogen-bond donors (Lipinski definition) is 2. The van der Waals surface area contributed by atoms with Gasteiger partial charge < -0.3 is 20.5 Å². The molecule has 15 heavy (non-hydrogen) atoms. The Hall–Kier alpha value is 0.350. The Morgan fingerprint density at radius 3 is 2.47 bits per heavy atom. The van der Waals surface area contributed by atoms with Crippen molar-refractivity contribution in [1.82, 2.24) is 5.32 Å². The normalized spacial score (nSPS) is 8.67. The Bertz CT molecular complexity index is 142. The smallest absolute Gasteiger partial charge is 0.161 e. The Morgan fingerprint density at radius 2 is 1.93 bits per heavy atom. The van der Waals surface area contributed by atoms with E-state index in [9.17, 15) is 0 Å². The lowest BCUT2D eigenvalue weighted by atomic mass is 10.4. The third kappa shape index (κ3) is 17.0. The molecule has 7 heteroatoms. The minimum Gasteiger partial charge on any atom is -0.485 e. The van der Waals surface area contributed by atoms with Crippen molar-refractivity contribution in [3.05, 3.63) is 0 Å². The summed E-state index contributed by atoms with van der Waals surface area (Å²) in [4.78, 5) is 0. The van der Waals surface area contributed by atoms with Crippen molar-refractivity contribution in [3.8, 4) is 0 Å². The highest BCUT2D eigenvalue weighted by Crippen LogP contribution is 1.88. The molecule has 0 aromatic carbocycles. The second-order valence-electron chi connectivity index (χ2n) is 2.48. The SMILES string of the molecule is CNCCC(=S)OCCOCCN.Cl.Cl. The van der Waals surface area contributed by atoms with Gasteiger partial charge >= 0.3 is 0 Å². The first-order valence-corrected chi connectivity index (χ1v) is 4.80. The van der Waals surface area contributed by atoms with Crippen LogP contribution in [0.5, 0.6) is 0 Å². The van der Waals surface area contributed by atoms with E-state index in [1.54, 1.807) is 0 Å². The fourth-order valence-corrected chi connectivity index (χ4v) is 0.884. The van der Waals surface area contributed by atoms with E-state index in [4.69, 9.17) is 27.4 Å². The lowest BCUT2D eigenvalue weighted by molar-refractivity contribution is 0.102. The fourth-order valence-electron chi connectivity index (χ4n) is 0.699. The summed E-state index contributed by atoms with van der Waals surface area (Å²) >= 11 is 4.95. The highest BCUT2D eigenvalue weighted by molar-refractivity contribution is 7.80. The number of halogens is 2. The van der Waals surface area contributed by atoms with Gasteiger partial charge in [0, 0.05) is 19.5 Å². The molecule has 0 saturated carbocycles. The molecule has 0 aliphatic rings. The quantitative estimate of drug-likeness (QED) is 0.507. The number of rotatable bonds is 8. The van der Waals surface area contributed by atoms with E-state index in [1.807, 2.05) is 7.05 Å². The lowest BCUT2D eigenvalue weighted by Gasteiger charge is -2.07. The Morgan fingerprint density at radius 1 is 1.27 bits per heavy atom. The van der Waals surface area contributed by atoms with Crippen LogP contribution in [-0.4, -0.2) is 45.0 Å². The Kier molecular flexibility index (Phi) is 23.2. The summed E-state index contributed by atoms with van der Waals surface area (Å²) in [6.07, 6.45) is 0.767. The molecule has 0 bridgehead atoms. The van der Waals surface area contributed by atoms with Crippen LogP contribution in [0.3, 0.4) is 0 Å². The van der Waals surface area contributed by atoms with Gasteiger partial charge in [0.25, 0.3) is 0 Å². The molecule has 94 valence electrons. The monoisotopic (exact) mass is 278 g/mol. The van der Waals surface area contributed by atoms with E-state index >= 15 is 0 Å². The summed E-state index contributed by atoms with van der Waals surface area (Å²) in [5.74, 6) is 0. The van der Waals surface area contributed by atoms with Gasteiger partial charge in [0.05, 0.1) is 13.2 Å². The predicted octanol–water partition coefficient (Wildman–Crippen LogP) is 0.759. The summed E-state index contributed by atoms with van der Waals surface area (Å²) in [6.45, 7) is 3.04. The molecule has 0 fully saturated rings. The molecule has 4 nitrogen and oxygen atoms in total. The van der Waals surface area contributed by atoms with E-state index < -0.39 is 0 Å². The maximum atomic E-state index is 5.24. The zero-order chi connectivity index (χ0) is 9.94. The molecule has 0 aromatic rings. The molecule has 0 aromatic heterocycles. The van der Waals surface area contributed by atoms with Crippen LogP contribution < -0.4 is 11.1 Å². The van der Waals surface area contributed by atoms with Gasteiger partial charge in [-0.15, -0.1) is 24.8 Å². The first-order chi connectivity index (χ1) is 6.31. The van der Waals surface area contributed by atoms with Crippen LogP contribution in [0.15, 0.2) is 0 Å². The zero-order valence-corrected chi connectivity index (χ0v) is 11.3. The van der Waals surface area contributed by atoms with Crippen molar-refractivity contribution >= 4 is 42.1 Å². The van der Waals surface area contributed by atoms with Crippen LogP contribution in [0.2, 0.25) is 0 Å². The second-order valence-corrected chi connectivity index (χ2v) is 2.93. The van der Waals surface area contributed by atoms with Crippen molar-refractivity contribution in [2.45, 2.75) is 6.42 Å². The molecule has 0 rings (SSSR count). The number of hydrogen-bond acceptors (Lipinski definition) is 5. The van der Waals surface area contributed by atoms with E-state index in [2.05, 4.69) is 5.32 Å². The largest absolute Gasteiger partial charge is 0.485 e. The maximum absolute atomic E-state index is 5.24. The molecule has 0 atom stereocenters. The van der Waals surface area contributed by atoms with E-state index in [0.717, 1.165) is 13.0 Å². The van der Waals surface area contributed by atoms with Crippen LogP contribution in [0.1, 0.15) is 6.42 Å². The fraction of sp³-hybridized carbons (Fsp3) is 0.875. The molecule has 0 spiro atoms. The Balaban J connectivity index is -0.000000720. The van der Waals surface area contributed by atoms with Crippen molar-refractivity contribution in [2.75, 3.05) is 40.0 Å². The lowest BCUT2D eigenvalue weighted by Crippen LogP contribution is -2.16. The first kappa shape index (κ1) is 20.7. The van der Waals surface area contributed by atoms with Gasteiger partial charge in [0.15, 0.2) is 5.05 Å². The zero-order valence-electron chi connectivity index (χ0n) is 8.86. The summed E-state index contributed by atoms with van der Waals surface area (Å²) < 4.78 is 10.3. The minimum absolute atomic E-state index is 0. The molecular formula is C8H20Cl2N2O2S. The van der Waals surface area contributed by atoms with Gasteiger partial charge in [-0.2, -0.15) is 0 Å². The van der Waals surface area contributed by atoms with Crippen LogP contribution in [-0.2, 0) is 9.47 Å². The topological polar surface area (TPSA) is 56.5 Å². The molecule has 3 N–H and O–H groups in total. The van der Waals surface area contributed by atoms with Gasteiger partial charge in [-0.25, -0.2) is 0 Å². The molecule has 0 aliphatic heterocycles. The Labute approximate surface area is 109 Å². The number of nitrogens with two attached hydrogens (primary N) is 1. The van der Waals surface area contributed by atoms with Crippen LogP contribution in [0.25, 0.3) is 0 Å². The third-order valence-electron chi connectivity index (χ3n) is 1.33. The van der Waals surface area contributed by atoms with Crippen LogP contribution in [0, 0.1) is 0 Å². The van der Waals surface area contributed by atoms with Gasteiger partial charge in [-0.3, -0.25) is 0 Å². The van der Waals surface area contributed by atoms with Crippen molar-refractivity contribution < 1.29 is 9.47 Å². The van der Waals surface area contributed by atoms with Crippen molar-refractivity contribution in [3.63, 3.8) is 0 Å². The average Bonchev–Trinajstić information content (AvgIpc) is 2.14. The molecule has 0 saturated heterocycles. The summed E-state index contributed by atoms with van der Waals surface area (Å²) in [5.41, 5.74) is 5.24. The summed E-state index contributed by atoms with van der Waals surface area (Å²) in [5, 5.41) is 3.62. The standard InChI is InChI=1S/C8H18N2O2S.2ClH/c1-10-4-2-8(13)12-7-6-11-5-3-9;;/h10H,2-7,9H2,1H3;2*1H. The molecule has 0 unspecified atom stereocenters. The third-order valence-corrected chi connectivity index (χ3v) is 1.65. The van der Waals surface area contributed by atoms with E-state index in [1.165, 1.54) is 0 Å². The molecule has 0 amide bonds. The van der Waals surface area contributed by atoms with Crippen LogP contribution >= 0.6 is 37.0 Å². The minimum atomic E-state index is 0. The van der Waals surface area contributed by atoms with Gasteiger partial charge in [-0.1, -0.05) is 0 Å². The number of thiocarbonyl (C=S) groups is 1. The number of nitrogens with one attached hydrogen (secondary N) is 1. The molecule has 0 aliphatic carbocycles. The molecular weight excluding hydrogens is 259 g/mol. The molecule has 0 heterocycles. The predicted molar refractivity (Wildman–Crippen MR) is 71.5 cm³/mol. The van der Waals surface area contributed by atoms with E-state index in [-0.39, 0.29) is 24.8 Å². The van der Waals surface area contributed by atoms with Crippen molar-refractivity contribution in [1.29, 1.82) is 0 Å². The highest BCUT2D eigenvalue weighted by atomic mass is 35.5. The van der Waals surface area contributed by atoms with Crippen LogP contribution in [0.4, 0.5) is 0 Å². The summed E-state index contributed by atoms with van der Waals surface area (Å²) in [6, 6.07) is 0. The van der Waals surface area contributed by atoms with E-state index in [0.29, 0.717) is 31.4 Å². The van der Waals surface area contributed by atoms with Crippen molar-refractivity contribution in [2.24, 2.45) is 5.73 Å². The number of ether oxygens (including phenoxy) is 2. The van der Waals surface area contributed by atoms with Gasteiger partial charge in [0.1, 0.15) is 6.61 Å². The highest BCUT2D eigenvalue weighted by Gasteiger charge is 1.95. The average molecular weight is 279 g/mol. The summed E-state index contributed by atoms with van der Waals surface area (Å²) in [7, 11) is 1.88. The maximum Gasteiger partial charge on any atom is 0.161 e. The van der Waals surface area contributed by atoms with Gasteiger partial charge in [-0.05, 0) is 19.3 Å². The first-order valence-electron chi connectivity index (χ1n) is 4.39.